The Morgan fingerprint density at radius 1 is 1.31 bits per heavy atom. The summed E-state index contributed by atoms with van der Waals surface area (Å²) in [4.78, 5) is 18.6. The molecule has 0 spiro atoms. The third-order valence-corrected chi connectivity index (χ3v) is 2.07. The van der Waals surface area contributed by atoms with Crippen LogP contribution in [0.4, 0.5) is 0 Å². The lowest BCUT2D eigenvalue weighted by Gasteiger charge is -2.03. The Hall–Kier alpha value is -2.43. The normalized spacial score (nSPS) is 10.0. The zero-order valence-electron chi connectivity index (χ0n) is 8.16. The van der Waals surface area contributed by atoms with E-state index < -0.39 is 5.97 Å². The molecular formula is C11H8N2O3. The van der Waals surface area contributed by atoms with Crippen LogP contribution in [-0.4, -0.2) is 26.2 Å². The first-order chi connectivity index (χ1) is 7.68. The molecule has 0 aliphatic heterocycles. The lowest BCUT2D eigenvalue weighted by atomic mass is 10.1. The van der Waals surface area contributed by atoms with E-state index in [4.69, 9.17) is 5.11 Å². The van der Waals surface area contributed by atoms with E-state index in [-0.39, 0.29) is 11.3 Å². The molecule has 2 aromatic rings. The smallest absolute Gasteiger partial charge is 0.339 e. The largest absolute Gasteiger partial charge is 0.505 e. The van der Waals surface area contributed by atoms with E-state index in [0.717, 1.165) is 6.20 Å². The summed E-state index contributed by atoms with van der Waals surface area (Å²) in [6.45, 7) is 0. The predicted octanol–water partition coefficient (Wildman–Crippen LogP) is 1.55. The van der Waals surface area contributed by atoms with E-state index in [1.54, 1.807) is 24.5 Å². The van der Waals surface area contributed by atoms with E-state index in [1.165, 1.54) is 6.07 Å². The molecular weight excluding hydrogens is 208 g/mol. The van der Waals surface area contributed by atoms with Gasteiger partial charge in [0.25, 0.3) is 0 Å². The van der Waals surface area contributed by atoms with E-state index in [1.807, 2.05) is 0 Å². The molecule has 5 heteroatoms. The number of rotatable bonds is 2. The number of carboxylic acids is 1. The molecule has 0 saturated heterocycles. The Morgan fingerprint density at radius 2 is 2.12 bits per heavy atom. The van der Waals surface area contributed by atoms with Crippen molar-refractivity contribution in [2.24, 2.45) is 0 Å². The zero-order valence-corrected chi connectivity index (χ0v) is 8.16. The summed E-state index contributed by atoms with van der Waals surface area (Å²) in [5.74, 6) is -1.54. The Balaban J connectivity index is 2.52. The quantitative estimate of drug-likeness (QED) is 0.795. The maximum absolute atomic E-state index is 10.8. The van der Waals surface area contributed by atoms with Crippen LogP contribution in [0.1, 0.15) is 10.4 Å². The first kappa shape index (κ1) is 10.1. The van der Waals surface area contributed by atoms with Crippen LogP contribution in [0.5, 0.6) is 5.75 Å². The summed E-state index contributed by atoms with van der Waals surface area (Å²) in [5, 5.41) is 18.1. The lowest BCUT2D eigenvalue weighted by molar-refractivity contribution is 0.0693. The summed E-state index contributed by atoms with van der Waals surface area (Å²) < 4.78 is 0. The van der Waals surface area contributed by atoms with Crippen molar-refractivity contribution >= 4 is 5.97 Å². The molecule has 80 valence electrons. The predicted molar refractivity (Wildman–Crippen MR) is 56.1 cm³/mol. The van der Waals surface area contributed by atoms with Gasteiger partial charge in [0.05, 0.1) is 11.9 Å². The summed E-state index contributed by atoms with van der Waals surface area (Å²) in [6.07, 6.45) is 4.30. The minimum Gasteiger partial charge on any atom is -0.505 e. The number of aromatic nitrogens is 2. The highest BCUT2D eigenvalue weighted by atomic mass is 16.4. The van der Waals surface area contributed by atoms with Crippen LogP contribution < -0.4 is 0 Å². The maximum Gasteiger partial charge on any atom is 0.339 e. The fraction of sp³-hybridized carbons (Fsp3) is 0. The second-order valence-corrected chi connectivity index (χ2v) is 3.13. The molecule has 0 bridgehead atoms. The Bertz CT molecular complexity index is 526. The zero-order chi connectivity index (χ0) is 11.5. The van der Waals surface area contributed by atoms with Crippen LogP contribution in [0.15, 0.2) is 36.8 Å². The molecule has 0 radical (unpaired) electrons. The molecule has 0 unspecified atom stereocenters. The Kier molecular flexibility index (Phi) is 2.51. The van der Waals surface area contributed by atoms with Gasteiger partial charge >= 0.3 is 5.97 Å². The highest BCUT2D eigenvalue weighted by Gasteiger charge is 2.11. The van der Waals surface area contributed by atoms with Gasteiger partial charge in [-0.3, -0.25) is 9.97 Å². The molecule has 0 aliphatic rings. The third kappa shape index (κ3) is 1.83. The first-order valence-electron chi connectivity index (χ1n) is 4.51. The van der Waals surface area contributed by atoms with E-state index >= 15 is 0 Å². The molecule has 0 fully saturated rings. The molecule has 16 heavy (non-hydrogen) atoms. The highest BCUT2D eigenvalue weighted by molar-refractivity contribution is 5.91. The van der Waals surface area contributed by atoms with Crippen molar-refractivity contribution in [3.05, 3.63) is 42.4 Å². The van der Waals surface area contributed by atoms with E-state index in [0.29, 0.717) is 11.3 Å². The number of hydrogen-bond acceptors (Lipinski definition) is 4. The topological polar surface area (TPSA) is 83.3 Å². The second-order valence-electron chi connectivity index (χ2n) is 3.13. The number of pyridine rings is 2. The molecule has 0 aliphatic carbocycles. The molecule has 2 rings (SSSR count). The summed E-state index contributed by atoms with van der Waals surface area (Å²) in [5.41, 5.74) is 0.988. The average Bonchev–Trinajstić information content (AvgIpc) is 2.30. The average molecular weight is 216 g/mol. The van der Waals surface area contributed by atoms with Gasteiger partial charge in [-0.25, -0.2) is 4.79 Å². The fourth-order valence-corrected chi connectivity index (χ4v) is 1.29. The number of aromatic carboxylic acids is 1. The minimum atomic E-state index is -1.19. The van der Waals surface area contributed by atoms with Crippen molar-refractivity contribution in [2.75, 3.05) is 0 Å². The second kappa shape index (κ2) is 3.98. The van der Waals surface area contributed by atoms with Gasteiger partial charge in [0.2, 0.25) is 0 Å². The van der Waals surface area contributed by atoms with E-state index in [9.17, 15) is 9.90 Å². The van der Waals surface area contributed by atoms with Crippen molar-refractivity contribution in [3.63, 3.8) is 0 Å². The summed E-state index contributed by atoms with van der Waals surface area (Å²) >= 11 is 0. The molecule has 0 atom stereocenters. The fourth-order valence-electron chi connectivity index (χ4n) is 1.29. The molecule has 5 nitrogen and oxygen atoms in total. The van der Waals surface area contributed by atoms with Gasteiger partial charge in [-0.15, -0.1) is 0 Å². The van der Waals surface area contributed by atoms with Gasteiger partial charge in [-0.05, 0) is 18.2 Å². The van der Waals surface area contributed by atoms with Crippen LogP contribution in [-0.2, 0) is 0 Å². The van der Waals surface area contributed by atoms with Gasteiger partial charge in [0.1, 0.15) is 11.3 Å². The number of carbonyl (C=O) groups is 1. The molecule has 2 N–H and O–H groups in total. The number of carboxylic acid groups (broad SMARTS) is 1. The van der Waals surface area contributed by atoms with Crippen molar-refractivity contribution in [3.8, 4) is 17.0 Å². The molecule has 0 saturated carbocycles. The van der Waals surface area contributed by atoms with Crippen molar-refractivity contribution in [2.45, 2.75) is 0 Å². The van der Waals surface area contributed by atoms with Gasteiger partial charge in [0, 0.05) is 18.0 Å². The SMILES string of the molecule is O=C(O)c1cc(-c2cccnc2)ncc1O. The molecule has 2 aromatic heterocycles. The van der Waals surface area contributed by atoms with Crippen LogP contribution in [0.2, 0.25) is 0 Å². The van der Waals surface area contributed by atoms with Crippen molar-refractivity contribution < 1.29 is 15.0 Å². The van der Waals surface area contributed by atoms with Crippen LogP contribution in [0, 0.1) is 0 Å². The van der Waals surface area contributed by atoms with Gasteiger partial charge < -0.3 is 10.2 Å². The van der Waals surface area contributed by atoms with Crippen molar-refractivity contribution in [1.82, 2.24) is 9.97 Å². The molecule has 0 aromatic carbocycles. The first-order valence-corrected chi connectivity index (χ1v) is 4.51. The van der Waals surface area contributed by atoms with Crippen LogP contribution in [0.3, 0.4) is 0 Å². The lowest BCUT2D eigenvalue weighted by Crippen LogP contribution is -1.98. The Labute approximate surface area is 91.0 Å². The van der Waals surface area contributed by atoms with Gasteiger partial charge in [-0.2, -0.15) is 0 Å². The maximum atomic E-state index is 10.8. The van der Waals surface area contributed by atoms with Crippen LogP contribution >= 0.6 is 0 Å². The summed E-state index contributed by atoms with van der Waals surface area (Å²) in [7, 11) is 0. The van der Waals surface area contributed by atoms with E-state index in [2.05, 4.69) is 9.97 Å². The Morgan fingerprint density at radius 3 is 2.75 bits per heavy atom. The summed E-state index contributed by atoms with van der Waals surface area (Å²) in [6, 6.07) is 4.80. The minimum absolute atomic E-state index is 0.172. The van der Waals surface area contributed by atoms with Gasteiger partial charge in [0.15, 0.2) is 0 Å². The standard InChI is InChI=1S/C11H8N2O3/c14-10-6-13-9(4-8(10)11(15)16)7-2-1-3-12-5-7/h1-6,14H,(H,15,16). The molecule has 2 heterocycles. The molecule has 0 amide bonds. The van der Waals surface area contributed by atoms with Crippen molar-refractivity contribution in [1.29, 1.82) is 0 Å². The highest BCUT2D eigenvalue weighted by Crippen LogP contribution is 2.22. The number of nitrogens with zero attached hydrogens (tertiary/aromatic N) is 2. The number of hydrogen-bond donors (Lipinski definition) is 2. The number of aromatic hydroxyl groups is 1. The van der Waals surface area contributed by atoms with Gasteiger partial charge in [-0.1, -0.05) is 0 Å². The monoisotopic (exact) mass is 216 g/mol. The third-order valence-electron chi connectivity index (χ3n) is 2.07. The van der Waals surface area contributed by atoms with Crippen LogP contribution in [0.25, 0.3) is 11.3 Å².